The molecule has 0 aliphatic rings. The van der Waals surface area contributed by atoms with Crippen LogP contribution < -0.4 is 29.2 Å². The smallest absolute Gasteiger partial charge is 0.550 e. The number of hydrogen-bond donors (Lipinski definition) is 0. The van der Waals surface area contributed by atoms with Gasteiger partial charge in [0, 0.05) is 34.9 Å². The van der Waals surface area contributed by atoms with Crippen LogP contribution in [0.1, 0.15) is 111 Å². The minimum Gasteiger partial charge on any atom is -0.550 e. The van der Waals surface area contributed by atoms with Gasteiger partial charge in [-0.3, -0.25) is 9.36 Å². The van der Waals surface area contributed by atoms with Gasteiger partial charge in [0.25, 0.3) is 0 Å². The fourth-order valence-corrected chi connectivity index (χ4v) is 7.77. The first kappa shape index (κ1) is 59.2. The molecule has 0 radical (unpaired) electrons. The summed E-state index contributed by atoms with van der Waals surface area (Å²) < 4.78 is 55.9. The molecule has 0 fully saturated rings. The Labute approximate surface area is 479 Å². The van der Waals surface area contributed by atoms with Crippen molar-refractivity contribution in [1.82, 2.24) is 19.6 Å². The number of rotatable bonds is 22. The minimum atomic E-state index is -1.20. The van der Waals surface area contributed by atoms with E-state index in [1.165, 1.54) is 12.1 Å². The first-order valence-corrected chi connectivity index (χ1v) is 25.2. The van der Waals surface area contributed by atoms with E-state index in [1.54, 1.807) is 24.3 Å². The van der Waals surface area contributed by atoms with E-state index < -0.39 is 23.6 Å². The van der Waals surface area contributed by atoms with Crippen molar-refractivity contribution in [2.24, 2.45) is 0 Å². The molecular formula is C62H64CaF2N4O8. The molecule has 0 bridgehead atoms. The third-order valence-electron chi connectivity index (χ3n) is 12.3. The zero-order valence-electron chi connectivity index (χ0n) is 44.6. The number of halogens is 2. The molecular weight excluding hydrogens is 1010 g/mol. The number of hydrogen-bond acceptors (Lipinski definition) is 10. The van der Waals surface area contributed by atoms with Crippen molar-refractivity contribution >= 4 is 49.7 Å². The topological polar surface area (TPSA) is 153 Å². The molecule has 0 atom stereocenters. The first-order chi connectivity index (χ1) is 36.3. The summed E-state index contributed by atoms with van der Waals surface area (Å²) in [6.07, 6.45) is -0.269. The van der Waals surface area contributed by atoms with Crippen LogP contribution in [0.25, 0.3) is 0 Å². The molecule has 0 unspecified atom stereocenters. The maximum absolute atomic E-state index is 14.2. The summed E-state index contributed by atoms with van der Waals surface area (Å²) in [5.41, 5.74) is 8.55. The molecule has 0 saturated carbocycles. The van der Waals surface area contributed by atoms with E-state index in [-0.39, 0.29) is 87.5 Å². The molecule has 6 aromatic carbocycles. The average molecular weight is 1070 g/mol. The van der Waals surface area contributed by atoms with E-state index in [2.05, 4.69) is 53.7 Å². The summed E-state index contributed by atoms with van der Waals surface area (Å²) in [6, 6.07) is 48.7. The maximum Gasteiger partial charge on any atom is 2.00 e. The van der Waals surface area contributed by atoms with Crippen molar-refractivity contribution < 1.29 is 47.5 Å². The number of benzene rings is 6. The number of carbonyl (C=O) groups is 2. The molecule has 8 rings (SSSR count). The number of para-hydroxylation sites is 2. The number of nitrogens with zero attached hydrogens (tertiary/aromatic N) is 4. The van der Waals surface area contributed by atoms with Gasteiger partial charge >= 0.3 is 37.7 Å². The Morgan fingerprint density at radius 3 is 1.12 bits per heavy atom. The normalized spacial score (nSPS) is 11.2. The van der Waals surface area contributed by atoms with Gasteiger partial charge in [0.15, 0.2) is 0 Å². The fraction of sp³-hybridized carbons (Fsp3) is 0.290. The van der Waals surface area contributed by atoms with Crippen LogP contribution in [0.3, 0.4) is 0 Å². The zero-order valence-corrected chi connectivity index (χ0v) is 46.8. The predicted molar refractivity (Wildman–Crippen MR) is 288 cm³/mol. The van der Waals surface area contributed by atoms with Crippen LogP contribution in [0.5, 0.6) is 23.0 Å². The van der Waals surface area contributed by atoms with E-state index in [4.69, 9.17) is 29.1 Å². The maximum atomic E-state index is 14.2. The monoisotopic (exact) mass is 1070 g/mol. The molecule has 0 spiro atoms. The molecule has 0 N–H and O–H groups in total. The van der Waals surface area contributed by atoms with Crippen molar-refractivity contribution in [3.05, 3.63) is 226 Å². The Balaban J connectivity index is 0.000000246. The molecule has 8 aromatic rings. The fourth-order valence-electron chi connectivity index (χ4n) is 7.77. The summed E-state index contributed by atoms with van der Waals surface area (Å²) in [7, 11) is 0. The van der Waals surface area contributed by atoms with Gasteiger partial charge in [0.1, 0.15) is 61.1 Å². The van der Waals surface area contributed by atoms with E-state index in [1.807, 2.05) is 119 Å². The number of carboxylic acids is 2. The van der Waals surface area contributed by atoms with Gasteiger partial charge in [-0.1, -0.05) is 139 Å². The molecule has 2 aromatic heterocycles. The molecule has 77 heavy (non-hydrogen) atoms. The van der Waals surface area contributed by atoms with Gasteiger partial charge < -0.3 is 38.7 Å². The number of ether oxygens (including phenoxy) is 4. The minimum absolute atomic E-state index is 0. The van der Waals surface area contributed by atoms with Gasteiger partial charge in [-0.25, -0.2) is 8.78 Å². The van der Waals surface area contributed by atoms with Crippen LogP contribution in [0.2, 0.25) is 0 Å². The molecule has 0 amide bonds. The van der Waals surface area contributed by atoms with Crippen LogP contribution in [-0.4, -0.2) is 69.2 Å². The van der Waals surface area contributed by atoms with Gasteiger partial charge in [0.2, 0.25) is 0 Å². The number of carboxylic acid groups (broad SMARTS) is 2. The summed E-state index contributed by atoms with van der Waals surface area (Å²) in [5, 5.41) is 30.9. The Morgan fingerprint density at radius 1 is 0.455 bits per heavy atom. The predicted octanol–water partition coefficient (Wildman–Crippen LogP) is 10.0. The molecule has 15 heteroatoms. The van der Waals surface area contributed by atoms with Crippen LogP contribution in [-0.2, 0) is 72.8 Å². The Hall–Kier alpha value is -7.00. The van der Waals surface area contributed by atoms with Crippen molar-refractivity contribution in [2.45, 2.75) is 118 Å². The quantitative estimate of drug-likeness (QED) is 0.0600. The molecule has 2 heterocycles. The average Bonchev–Trinajstić information content (AvgIpc) is 4.02. The summed E-state index contributed by atoms with van der Waals surface area (Å²) in [5.74, 6) is -0.974. The van der Waals surface area contributed by atoms with E-state index >= 15 is 0 Å². The molecule has 0 saturated heterocycles. The first-order valence-electron chi connectivity index (χ1n) is 25.2. The van der Waals surface area contributed by atoms with Gasteiger partial charge in [-0.05, 0) is 108 Å². The molecule has 12 nitrogen and oxygen atoms in total. The molecule has 0 aliphatic heterocycles. The van der Waals surface area contributed by atoms with Crippen LogP contribution >= 0.6 is 0 Å². The SMILES string of the molecule is CC(C)(C)c1cc(COc2ccccc2)n(Cc2ccc(COc3ccc(CCC(=O)[O-])c(F)c3)cc2)n1.CC(C)(C)c1cc(COc2ccccc2)n(Cc2ccc(COc3ccc(CCC(=O)[O-])c(F)c3)cc2)n1.[Ca+2]. The van der Waals surface area contributed by atoms with Crippen molar-refractivity contribution in [1.29, 1.82) is 0 Å². The third-order valence-corrected chi connectivity index (χ3v) is 12.3. The standard InChI is InChI=1S/2C31H33FN2O4.Ca/c2*1-31(2,3)29-17-25(21-38-26-7-5-4-6-8-26)34(33-29)19-22-9-11-23(12-10-22)20-37-27-15-13-24(28(32)18-27)14-16-30(35)36;/h2*4-13,15,17-18H,14,16,19-21H2,1-3H3,(H,35,36);/q;;+2/p-2. The second-order valence-corrected chi connectivity index (χ2v) is 20.5. The molecule has 0 aliphatic carbocycles. The number of carbonyl (C=O) groups excluding carboxylic acids is 2. The Kier molecular flexibility index (Phi) is 21.4. The Morgan fingerprint density at radius 2 is 0.792 bits per heavy atom. The summed E-state index contributed by atoms with van der Waals surface area (Å²) in [6.45, 7) is 15.5. The van der Waals surface area contributed by atoms with Crippen molar-refractivity contribution in [3.63, 3.8) is 0 Å². The number of aliphatic carboxylic acids is 2. The van der Waals surface area contributed by atoms with Gasteiger partial charge in [-0.2, -0.15) is 10.2 Å². The van der Waals surface area contributed by atoms with Crippen molar-refractivity contribution in [2.75, 3.05) is 0 Å². The summed E-state index contributed by atoms with van der Waals surface area (Å²) >= 11 is 0. The second kappa shape index (κ2) is 27.9. The van der Waals surface area contributed by atoms with Gasteiger partial charge in [0.05, 0.1) is 35.9 Å². The van der Waals surface area contributed by atoms with E-state index in [9.17, 15) is 28.6 Å². The van der Waals surface area contributed by atoms with Crippen LogP contribution in [0.4, 0.5) is 8.78 Å². The second-order valence-electron chi connectivity index (χ2n) is 20.5. The van der Waals surface area contributed by atoms with E-state index in [0.717, 1.165) is 56.5 Å². The van der Waals surface area contributed by atoms with E-state index in [0.29, 0.717) is 48.9 Å². The largest absolute Gasteiger partial charge is 2.00 e. The number of aromatic nitrogens is 4. The number of aryl methyl sites for hydroxylation is 2. The zero-order chi connectivity index (χ0) is 54.2. The summed E-state index contributed by atoms with van der Waals surface area (Å²) in [4.78, 5) is 21.2. The van der Waals surface area contributed by atoms with Crippen LogP contribution in [0, 0.1) is 11.6 Å². The third kappa shape index (κ3) is 18.6. The van der Waals surface area contributed by atoms with Gasteiger partial charge in [-0.15, -0.1) is 0 Å². The molecule has 396 valence electrons. The van der Waals surface area contributed by atoms with Crippen LogP contribution in [0.15, 0.2) is 158 Å². The van der Waals surface area contributed by atoms with Crippen molar-refractivity contribution in [3.8, 4) is 23.0 Å². The Bertz CT molecular complexity index is 2940.